The Hall–Kier alpha value is -0.560. The zero-order valence-corrected chi connectivity index (χ0v) is 16.6. The Balaban J connectivity index is 1.48. The maximum Gasteiger partial charge on any atom is 0.232 e. The van der Waals surface area contributed by atoms with Crippen molar-refractivity contribution in [1.29, 1.82) is 0 Å². The predicted molar refractivity (Wildman–Crippen MR) is 99.3 cm³/mol. The highest BCUT2D eigenvalue weighted by molar-refractivity contribution is 9.10. The van der Waals surface area contributed by atoms with Crippen LogP contribution < -0.4 is 0 Å². The standard InChI is InChI=1S/C18H24BrNO3S/c1-12-10-16(13(2)9-15(12)19)24-11-17(21)20-5-3-14(4-6-20)18-22-7-8-23-18/h9-10,14,18H,3-8,11H2,1-2H3. The van der Waals surface area contributed by atoms with Gasteiger partial charge in [-0.15, -0.1) is 11.8 Å². The summed E-state index contributed by atoms with van der Waals surface area (Å²) in [5.74, 6) is 1.16. The van der Waals surface area contributed by atoms with Crippen molar-refractivity contribution in [2.75, 3.05) is 32.1 Å². The Morgan fingerprint density at radius 2 is 1.88 bits per heavy atom. The van der Waals surface area contributed by atoms with E-state index in [0.29, 0.717) is 24.9 Å². The molecule has 2 fully saturated rings. The molecular formula is C18H24BrNO3S. The Kier molecular flexibility index (Phi) is 6.24. The summed E-state index contributed by atoms with van der Waals surface area (Å²) in [6.45, 7) is 7.19. The first kappa shape index (κ1) is 18.2. The number of carbonyl (C=O) groups excluding carboxylic acids is 1. The number of carbonyl (C=O) groups is 1. The lowest BCUT2D eigenvalue weighted by Gasteiger charge is -2.33. The van der Waals surface area contributed by atoms with E-state index in [1.54, 1.807) is 11.8 Å². The molecule has 0 aliphatic carbocycles. The number of hydrogen-bond donors (Lipinski definition) is 0. The lowest BCUT2D eigenvalue weighted by atomic mass is 9.96. The Morgan fingerprint density at radius 3 is 2.54 bits per heavy atom. The highest BCUT2D eigenvalue weighted by atomic mass is 79.9. The van der Waals surface area contributed by atoms with Crippen molar-refractivity contribution in [3.63, 3.8) is 0 Å². The van der Waals surface area contributed by atoms with E-state index in [9.17, 15) is 4.79 Å². The number of nitrogens with zero attached hydrogens (tertiary/aromatic N) is 1. The zero-order chi connectivity index (χ0) is 17.1. The van der Waals surface area contributed by atoms with Gasteiger partial charge in [0.1, 0.15) is 0 Å². The van der Waals surface area contributed by atoms with E-state index in [0.717, 1.165) is 30.4 Å². The summed E-state index contributed by atoms with van der Waals surface area (Å²) >= 11 is 5.19. The lowest BCUT2D eigenvalue weighted by Crippen LogP contribution is -2.42. The molecule has 0 bridgehead atoms. The van der Waals surface area contributed by atoms with Gasteiger partial charge in [0.2, 0.25) is 5.91 Å². The molecule has 2 aliphatic rings. The van der Waals surface area contributed by atoms with Gasteiger partial charge < -0.3 is 14.4 Å². The van der Waals surface area contributed by atoms with Crippen molar-refractivity contribution in [1.82, 2.24) is 4.90 Å². The van der Waals surface area contributed by atoms with E-state index in [1.807, 2.05) is 4.90 Å². The van der Waals surface area contributed by atoms with Crippen LogP contribution in [0.1, 0.15) is 24.0 Å². The molecule has 1 aromatic rings. The van der Waals surface area contributed by atoms with E-state index >= 15 is 0 Å². The smallest absolute Gasteiger partial charge is 0.232 e. The number of amides is 1. The van der Waals surface area contributed by atoms with Crippen LogP contribution in [-0.2, 0) is 14.3 Å². The van der Waals surface area contributed by atoms with Crippen LogP contribution in [0.3, 0.4) is 0 Å². The van der Waals surface area contributed by atoms with Crippen molar-refractivity contribution in [2.24, 2.45) is 5.92 Å². The molecule has 1 amide bonds. The second-order valence-corrected chi connectivity index (χ2v) is 8.36. The highest BCUT2D eigenvalue weighted by Crippen LogP contribution is 2.30. The zero-order valence-electron chi connectivity index (χ0n) is 14.2. The molecule has 0 N–H and O–H groups in total. The Labute approximate surface area is 156 Å². The minimum Gasteiger partial charge on any atom is -0.350 e. The van der Waals surface area contributed by atoms with Gasteiger partial charge in [0, 0.05) is 28.4 Å². The molecule has 2 saturated heterocycles. The second-order valence-electron chi connectivity index (χ2n) is 6.48. The number of likely N-dealkylation sites (tertiary alicyclic amines) is 1. The first-order valence-electron chi connectivity index (χ1n) is 8.45. The number of thioether (sulfide) groups is 1. The van der Waals surface area contributed by atoms with E-state index in [4.69, 9.17) is 9.47 Å². The monoisotopic (exact) mass is 413 g/mol. The first-order valence-corrected chi connectivity index (χ1v) is 10.2. The number of piperidine rings is 1. The van der Waals surface area contributed by atoms with Crippen molar-refractivity contribution in [2.45, 2.75) is 37.9 Å². The molecule has 6 heteroatoms. The molecular weight excluding hydrogens is 390 g/mol. The molecule has 0 atom stereocenters. The van der Waals surface area contributed by atoms with Crippen molar-refractivity contribution in [3.05, 3.63) is 27.7 Å². The van der Waals surface area contributed by atoms with Crippen molar-refractivity contribution in [3.8, 4) is 0 Å². The number of rotatable bonds is 4. The van der Waals surface area contributed by atoms with E-state index in [2.05, 4.69) is 41.9 Å². The van der Waals surface area contributed by atoms with Crippen LogP contribution in [0.15, 0.2) is 21.5 Å². The van der Waals surface area contributed by atoms with E-state index in [-0.39, 0.29) is 12.2 Å². The van der Waals surface area contributed by atoms with Crippen LogP contribution in [0.25, 0.3) is 0 Å². The number of halogens is 1. The van der Waals surface area contributed by atoms with Crippen molar-refractivity contribution < 1.29 is 14.3 Å². The van der Waals surface area contributed by atoms with Gasteiger partial charge in [-0.3, -0.25) is 4.79 Å². The maximum atomic E-state index is 12.5. The van der Waals surface area contributed by atoms with Gasteiger partial charge in [-0.25, -0.2) is 0 Å². The topological polar surface area (TPSA) is 38.8 Å². The van der Waals surface area contributed by atoms with Crippen LogP contribution in [0.4, 0.5) is 0 Å². The van der Waals surface area contributed by atoms with E-state index in [1.165, 1.54) is 16.0 Å². The van der Waals surface area contributed by atoms with Crippen LogP contribution in [-0.4, -0.2) is 49.2 Å². The summed E-state index contributed by atoms with van der Waals surface area (Å²) in [6.07, 6.45) is 1.89. The number of ether oxygens (including phenoxy) is 2. The average molecular weight is 414 g/mol. The SMILES string of the molecule is Cc1cc(SCC(=O)N2CCC(C3OCCO3)CC2)c(C)cc1Br. The van der Waals surface area contributed by atoms with Crippen LogP contribution in [0.5, 0.6) is 0 Å². The fourth-order valence-electron chi connectivity index (χ4n) is 3.21. The lowest BCUT2D eigenvalue weighted by molar-refractivity contribution is -0.134. The molecule has 4 nitrogen and oxygen atoms in total. The molecule has 2 aliphatic heterocycles. The molecule has 0 saturated carbocycles. The third kappa shape index (κ3) is 4.34. The minimum absolute atomic E-state index is 0.0509. The van der Waals surface area contributed by atoms with Gasteiger partial charge in [0.25, 0.3) is 0 Å². The van der Waals surface area contributed by atoms with Crippen LogP contribution >= 0.6 is 27.7 Å². The molecule has 0 aromatic heterocycles. The molecule has 0 radical (unpaired) electrons. The van der Waals surface area contributed by atoms with Crippen LogP contribution in [0, 0.1) is 19.8 Å². The fourth-order valence-corrected chi connectivity index (χ4v) is 4.68. The molecule has 0 spiro atoms. The predicted octanol–water partition coefficient (Wildman–Crippen LogP) is 3.77. The third-order valence-corrected chi connectivity index (χ3v) is 6.73. The quantitative estimate of drug-likeness (QED) is 0.704. The van der Waals surface area contributed by atoms with Gasteiger partial charge in [0.05, 0.1) is 19.0 Å². The summed E-state index contributed by atoms with van der Waals surface area (Å²) in [5.41, 5.74) is 2.41. The Morgan fingerprint density at radius 1 is 1.21 bits per heavy atom. The molecule has 132 valence electrons. The average Bonchev–Trinajstić information content (AvgIpc) is 3.11. The summed E-state index contributed by atoms with van der Waals surface area (Å²) in [5, 5.41) is 0. The molecule has 0 unspecified atom stereocenters. The van der Waals surface area contributed by atoms with Crippen LogP contribution in [0.2, 0.25) is 0 Å². The first-order chi connectivity index (χ1) is 11.5. The normalized spacial score (nSPS) is 19.9. The van der Waals surface area contributed by atoms with Gasteiger partial charge in [-0.1, -0.05) is 15.9 Å². The van der Waals surface area contributed by atoms with Gasteiger partial charge in [-0.05, 0) is 49.9 Å². The molecule has 24 heavy (non-hydrogen) atoms. The summed E-state index contributed by atoms with van der Waals surface area (Å²) in [7, 11) is 0. The molecule has 2 heterocycles. The fraction of sp³-hybridized carbons (Fsp3) is 0.611. The highest BCUT2D eigenvalue weighted by Gasteiger charge is 2.31. The van der Waals surface area contributed by atoms with Gasteiger partial charge >= 0.3 is 0 Å². The minimum atomic E-state index is -0.0509. The summed E-state index contributed by atoms with van der Waals surface area (Å²) in [6, 6.07) is 4.27. The number of aryl methyl sites for hydroxylation is 2. The second kappa shape index (κ2) is 8.21. The largest absolute Gasteiger partial charge is 0.350 e. The summed E-state index contributed by atoms with van der Waals surface area (Å²) < 4.78 is 12.3. The molecule has 3 rings (SSSR count). The van der Waals surface area contributed by atoms with Crippen molar-refractivity contribution >= 4 is 33.6 Å². The third-order valence-electron chi connectivity index (χ3n) is 4.73. The van der Waals surface area contributed by atoms with Gasteiger partial charge in [0.15, 0.2) is 6.29 Å². The van der Waals surface area contributed by atoms with E-state index < -0.39 is 0 Å². The van der Waals surface area contributed by atoms with Gasteiger partial charge in [-0.2, -0.15) is 0 Å². The number of benzene rings is 1. The Bertz CT molecular complexity index is 596. The molecule has 1 aromatic carbocycles. The summed E-state index contributed by atoms with van der Waals surface area (Å²) in [4.78, 5) is 15.7. The maximum absolute atomic E-state index is 12.5. The number of hydrogen-bond acceptors (Lipinski definition) is 4.